The highest BCUT2D eigenvalue weighted by Gasteiger charge is 2.26. The molecule has 1 fully saturated rings. The Labute approximate surface area is 147 Å². The van der Waals surface area contributed by atoms with E-state index >= 15 is 0 Å². The maximum absolute atomic E-state index is 12.3. The molecule has 128 valence electrons. The molecule has 0 unspecified atom stereocenters. The number of H-pyrrole nitrogens is 1. The van der Waals surface area contributed by atoms with Crippen molar-refractivity contribution in [1.29, 1.82) is 10.7 Å². The fourth-order valence-corrected chi connectivity index (χ4v) is 3.77. The maximum atomic E-state index is 12.3. The lowest BCUT2D eigenvalue weighted by Gasteiger charge is -2.16. The van der Waals surface area contributed by atoms with Crippen molar-refractivity contribution in [1.82, 2.24) is 4.98 Å². The zero-order chi connectivity index (χ0) is 18.0. The Balaban J connectivity index is 2.05. The van der Waals surface area contributed by atoms with Crippen LogP contribution in [0.1, 0.15) is 46.5 Å². The summed E-state index contributed by atoms with van der Waals surface area (Å²) in [6.45, 7) is 0. The highest BCUT2D eigenvalue weighted by Crippen LogP contribution is 2.32. The second-order valence-corrected chi connectivity index (χ2v) is 6.83. The number of carboxylic acids is 1. The number of thiophene rings is 1. The van der Waals surface area contributed by atoms with Crippen LogP contribution in [0.3, 0.4) is 0 Å². The van der Waals surface area contributed by atoms with Gasteiger partial charge in [-0.3, -0.25) is 4.79 Å². The standard InChI is InChI=1S/C17H16N4O3S/c18-6-10-7-20-16(22)15(13(10)14(19)9-3-1-2-4-9)21-11-5-12(17(23)24)25-8-11/h5,7-9,19,21H,1-4H2,(H,20,22)(H,23,24). The van der Waals surface area contributed by atoms with Gasteiger partial charge in [0.15, 0.2) is 0 Å². The number of carbonyl (C=O) groups is 1. The van der Waals surface area contributed by atoms with Crippen molar-refractivity contribution in [2.45, 2.75) is 25.7 Å². The minimum Gasteiger partial charge on any atom is -0.477 e. The average Bonchev–Trinajstić information content (AvgIpc) is 3.27. The lowest BCUT2D eigenvalue weighted by molar-refractivity contribution is 0.0702. The third-order valence-electron chi connectivity index (χ3n) is 4.33. The molecule has 3 rings (SSSR count). The second kappa shape index (κ2) is 6.91. The van der Waals surface area contributed by atoms with Crippen molar-refractivity contribution in [3.05, 3.63) is 44.0 Å². The third kappa shape index (κ3) is 3.32. The number of nitrogens with one attached hydrogen (secondary N) is 3. The van der Waals surface area contributed by atoms with Crippen LogP contribution in [0.4, 0.5) is 11.4 Å². The van der Waals surface area contributed by atoms with E-state index < -0.39 is 11.5 Å². The van der Waals surface area contributed by atoms with Crippen LogP contribution >= 0.6 is 11.3 Å². The van der Waals surface area contributed by atoms with Gasteiger partial charge in [-0.25, -0.2) is 4.79 Å². The monoisotopic (exact) mass is 356 g/mol. The van der Waals surface area contributed by atoms with Gasteiger partial charge in [-0.05, 0) is 18.9 Å². The minimum atomic E-state index is -1.04. The maximum Gasteiger partial charge on any atom is 0.345 e. The minimum absolute atomic E-state index is 0.0338. The number of aromatic amines is 1. The SMILES string of the molecule is N#Cc1c[nH]c(=O)c(Nc2csc(C(=O)O)c2)c1C(=N)C1CCCC1. The Hall–Kier alpha value is -2.92. The van der Waals surface area contributed by atoms with E-state index in [4.69, 9.17) is 10.5 Å². The molecule has 25 heavy (non-hydrogen) atoms. The molecule has 8 heteroatoms. The Morgan fingerprint density at radius 1 is 1.44 bits per heavy atom. The quantitative estimate of drug-likeness (QED) is 0.611. The van der Waals surface area contributed by atoms with E-state index in [0.717, 1.165) is 37.0 Å². The Bertz CT molecular complexity index is 932. The summed E-state index contributed by atoms with van der Waals surface area (Å²) in [6, 6.07) is 3.46. The number of rotatable bonds is 5. The fourth-order valence-electron chi connectivity index (χ4n) is 3.09. The Morgan fingerprint density at radius 2 is 2.16 bits per heavy atom. The molecule has 0 bridgehead atoms. The van der Waals surface area contributed by atoms with E-state index in [2.05, 4.69) is 10.3 Å². The molecule has 4 N–H and O–H groups in total. The first-order valence-corrected chi connectivity index (χ1v) is 8.72. The lowest BCUT2D eigenvalue weighted by atomic mass is 9.92. The number of anilines is 2. The molecule has 0 atom stereocenters. The lowest BCUT2D eigenvalue weighted by Crippen LogP contribution is -2.22. The van der Waals surface area contributed by atoms with Gasteiger partial charge in [0.2, 0.25) is 0 Å². The second-order valence-electron chi connectivity index (χ2n) is 5.92. The van der Waals surface area contributed by atoms with Crippen molar-refractivity contribution >= 4 is 34.4 Å². The van der Waals surface area contributed by atoms with Gasteiger partial charge < -0.3 is 20.8 Å². The number of aromatic nitrogens is 1. The summed E-state index contributed by atoms with van der Waals surface area (Å²) in [4.78, 5) is 26.0. The topological polar surface area (TPSA) is 130 Å². The summed E-state index contributed by atoms with van der Waals surface area (Å²) >= 11 is 1.04. The highest BCUT2D eigenvalue weighted by atomic mass is 32.1. The number of pyridine rings is 1. The van der Waals surface area contributed by atoms with Crippen LogP contribution in [-0.4, -0.2) is 21.8 Å². The van der Waals surface area contributed by atoms with Crippen LogP contribution in [0.15, 0.2) is 22.4 Å². The number of carboxylic acid groups (broad SMARTS) is 1. The normalized spacial score (nSPS) is 14.2. The Morgan fingerprint density at radius 3 is 2.76 bits per heavy atom. The summed E-state index contributed by atoms with van der Waals surface area (Å²) in [5.41, 5.74) is 0.944. The van der Waals surface area contributed by atoms with Crippen LogP contribution in [0.25, 0.3) is 0 Å². The molecule has 2 aromatic heterocycles. The summed E-state index contributed by atoms with van der Waals surface area (Å²) < 4.78 is 0. The largest absolute Gasteiger partial charge is 0.477 e. The molecule has 0 aromatic carbocycles. The summed E-state index contributed by atoms with van der Waals surface area (Å²) in [7, 11) is 0. The van der Waals surface area contributed by atoms with E-state index in [1.807, 2.05) is 6.07 Å². The van der Waals surface area contributed by atoms with Gasteiger partial charge in [0.25, 0.3) is 5.56 Å². The fraction of sp³-hybridized carbons (Fsp3) is 0.294. The summed E-state index contributed by atoms with van der Waals surface area (Å²) in [6.07, 6.45) is 5.14. The van der Waals surface area contributed by atoms with Gasteiger partial charge in [0, 0.05) is 28.8 Å². The number of hydrogen-bond donors (Lipinski definition) is 4. The molecule has 0 aliphatic heterocycles. The van der Waals surface area contributed by atoms with Gasteiger partial charge in [0.05, 0.1) is 11.3 Å². The van der Waals surface area contributed by atoms with Crippen molar-refractivity contribution < 1.29 is 9.90 Å². The van der Waals surface area contributed by atoms with E-state index in [1.165, 1.54) is 12.3 Å². The van der Waals surface area contributed by atoms with Crippen molar-refractivity contribution in [2.75, 3.05) is 5.32 Å². The third-order valence-corrected chi connectivity index (χ3v) is 5.24. The molecule has 1 aliphatic carbocycles. The molecule has 0 saturated heterocycles. The number of aromatic carboxylic acids is 1. The molecular weight excluding hydrogens is 340 g/mol. The van der Waals surface area contributed by atoms with Crippen LogP contribution in [0, 0.1) is 22.7 Å². The van der Waals surface area contributed by atoms with Gasteiger partial charge in [-0.2, -0.15) is 5.26 Å². The summed E-state index contributed by atoms with van der Waals surface area (Å²) in [5, 5.41) is 31.4. The van der Waals surface area contributed by atoms with Gasteiger partial charge >= 0.3 is 5.97 Å². The smallest absolute Gasteiger partial charge is 0.345 e. The summed E-state index contributed by atoms with van der Waals surface area (Å²) in [5.74, 6) is -1.01. The van der Waals surface area contributed by atoms with Gasteiger partial charge in [-0.1, -0.05) is 12.8 Å². The number of nitrogens with zero attached hydrogens (tertiary/aromatic N) is 1. The molecule has 1 saturated carbocycles. The van der Waals surface area contributed by atoms with Crippen LogP contribution in [0.2, 0.25) is 0 Å². The van der Waals surface area contributed by atoms with E-state index in [-0.39, 0.29) is 27.8 Å². The average molecular weight is 356 g/mol. The van der Waals surface area contributed by atoms with E-state index in [0.29, 0.717) is 11.3 Å². The number of nitriles is 1. The highest BCUT2D eigenvalue weighted by molar-refractivity contribution is 7.12. The van der Waals surface area contributed by atoms with Crippen molar-refractivity contribution in [3.63, 3.8) is 0 Å². The first kappa shape index (κ1) is 16.9. The van der Waals surface area contributed by atoms with Crippen molar-refractivity contribution in [3.8, 4) is 6.07 Å². The van der Waals surface area contributed by atoms with E-state index in [1.54, 1.807) is 5.38 Å². The number of hydrogen-bond acceptors (Lipinski definition) is 6. The zero-order valence-corrected chi connectivity index (χ0v) is 14.1. The first-order valence-electron chi connectivity index (χ1n) is 7.84. The molecule has 1 aliphatic rings. The van der Waals surface area contributed by atoms with Gasteiger partial charge in [-0.15, -0.1) is 11.3 Å². The van der Waals surface area contributed by atoms with E-state index in [9.17, 15) is 14.9 Å². The first-order chi connectivity index (χ1) is 12.0. The van der Waals surface area contributed by atoms with Gasteiger partial charge in [0.1, 0.15) is 16.6 Å². The molecule has 0 radical (unpaired) electrons. The van der Waals surface area contributed by atoms with Crippen LogP contribution in [-0.2, 0) is 0 Å². The van der Waals surface area contributed by atoms with Crippen LogP contribution in [0.5, 0.6) is 0 Å². The molecule has 2 aromatic rings. The molecule has 2 heterocycles. The predicted octanol–water partition coefficient (Wildman–Crippen LogP) is 3.31. The molecular formula is C17H16N4O3S. The van der Waals surface area contributed by atoms with Crippen molar-refractivity contribution in [2.24, 2.45) is 5.92 Å². The Kier molecular flexibility index (Phi) is 4.67. The molecule has 0 amide bonds. The molecule has 0 spiro atoms. The molecule has 7 nitrogen and oxygen atoms in total. The van der Waals surface area contributed by atoms with Crippen LogP contribution < -0.4 is 10.9 Å². The zero-order valence-electron chi connectivity index (χ0n) is 13.3. The predicted molar refractivity (Wildman–Crippen MR) is 95.1 cm³/mol.